The number of amides is 2. The summed E-state index contributed by atoms with van der Waals surface area (Å²) in [7, 11) is -2.12. The summed E-state index contributed by atoms with van der Waals surface area (Å²) in [6, 6.07) is 50.1. The Labute approximate surface area is 782 Å². The number of hydrogen-bond acceptors (Lipinski definition) is 26. The molecular weight excluding hydrogens is 2090 g/mol. The molecule has 0 bridgehead atoms. The number of nitrogens with one attached hydrogen (secondary N) is 1. The van der Waals surface area contributed by atoms with E-state index in [1.54, 1.807) is 56.9 Å². The first kappa shape index (κ1) is 103. The molecule has 7 aromatic carbocycles. The van der Waals surface area contributed by atoms with Gasteiger partial charge in [0.15, 0.2) is 11.5 Å². The van der Waals surface area contributed by atoms with Crippen molar-refractivity contribution in [2.45, 2.75) is 112 Å². The summed E-state index contributed by atoms with van der Waals surface area (Å²) >= 11 is 25.4. The van der Waals surface area contributed by atoms with Crippen molar-refractivity contribution in [1.82, 2.24) is 27.6 Å². The molecule has 2 N–H and O–H groups in total. The van der Waals surface area contributed by atoms with E-state index in [0.29, 0.717) is 35.0 Å². The molecule has 0 radical (unpaired) electrons. The van der Waals surface area contributed by atoms with Gasteiger partial charge in [-0.3, -0.25) is 19.2 Å². The minimum absolute atomic E-state index is 0.0493. The lowest BCUT2D eigenvalue weighted by atomic mass is 10.0. The summed E-state index contributed by atoms with van der Waals surface area (Å²) in [6.07, 6.45) is 3.97. The van der Waals surface area contributed by atoms with Crippen LogP contribution >= 0.6 is 142 Å². The van der Waals surface area contributed by atoms with Gasteiger partial charge in [0.05, 0.1) is 86.2 Å². The lowest BCUT2D eigenvalue weighted by molar-refractivity contribution is -0.142. The highest BCUT2D eigenvalue weighted by Gasteiger charge is 2.32. The number of azide groups is 1. The Morgan fingerprint density at radius 3 is 1.51 bits per heavy atom. The number of aromatic nitrogens is 5. The van der Waals surface area contributed by atoms with Crippen LogP contribution in [-0.4, -0.2) is 139 Å². The van der Waals surface area contributed by atoms with E-state index in [1.165, 1.54) is 108 Å². The molecule has 1 aliphatic rings. The predicted octanol–water partition coefficient (Wildman–Crippen LogP) is 21.9. The number of ether oxygens (including phenoxy) is 5. The molecule has 12 rings (SSSR count). The first-order chi connectivity index (χ1) is 59.3. The van der Waals surface area contributed by atoms with Crippen LogP contribution in [0.15, 0.2) is 200 Å². The van der Waals surface area contributed by atoms with Gasteiger partial charge in [0.25, 0.3) is 15.8 Å². The number of benzene rings is 7. The summed E-state index contributed by atoms with van der Waals surface area (Å²) in [4.78, 5) is 103. The van der Waals surface area contributed by atoms with Gasteiger partial charge in [-0.05, 0) is 250 Å². The predicted molar refractivity (Wildman–Crippen MR) is 496 cm³/mol. The van der Waals surface area contributed by atoms with Crippen molar-refractivity contribution >= 4 is 211 Å². The Hall–Kier alpha value is -10.1. The molecule has 0 aliphatic heterocycles. The van der Waals surface area contributed by atoms with Crippen molar-refractivity contribution in [2.24, 2.45) is 4.52 Å². The number of nitrogens with zero attached hydrogens (tertiary/aromatic N) is 12. The number of aliphatic hydroxyl groups is 1. The zero-order valence-corrected chi connectivity index (χ0v) is 81.3. The Morgan fingerprint density at radius 2 is 1.03 bits per heavy atom. The average Bonchev–Trinajstić information content (AvgIpc) is 1.66. The first-order valence-electron chi connectivity index (χ1n) is 37.1. The van der Waals surface area contributed by atoms with E-state index in [1.807, 2.05) is 131 Å². The van der Waals surface area contributed by atoms with E-state index >= 15 is 0 Å². The average molecular weight is 2170 g/mol. The SMILES string of the molecule is CC(=O)Nc1ccc(S(=O)(=O)N=[N+]=[N-])cc1.CCOC(=O)C(=[N+]=[N-])C(=O)c1ccc(Br)cc1.CCOC(=O)CC(=O)c1ccc(Br)cc1C#N.CCOC(=O)c1c(C)nsc1-c1ccc(Br)cc1.CCOC(=O)c1nnsc1-c1ccc(Br)cc1.Cc1nsc(-c2ccc(Br)cc2)c1CO.Cc1nsc(-c2ccc(Br)cc2)c1COC(=O)N(C)C1CCCC1. The number of nitriles is 1. The zero-order chi connectivity index (χ0) is 91.2. The third-order valence-corrected chi connectivity index (χ3v) is 25.0. The lowest BCUT2D eigenvalue weighted by Gasteiger charge is -2.23. The van der Waals surface area contributed by atoms with Gasteiger partial charge in [-0.15, -0.1) is 5.10 Å². The van der Waals surface area contributed by atoms with Crippen LogP contribution in [-0.2, 0) is 61.3 Å². The van der Waals surface area contributed by atoms with Crippen molar-refractivity contribution in [3.8, 4) is 47.8 Å². The van der Waals surface area contributed by atoms with Gasteiger partial charge in [0, 0.05) is 84.2 Å². The number of anilines is 1. The maximum absolute atomic E-state index is 12.3. The van der Waals surface area contributed by atoms with Gasteiger partial charge in [0.2, 0.25) is 5.91 Å². The summed E-state index contributed by atoms with van der Waals surface area (Å²) in [5.41, 5.74) is 26.7. The van der Waals surface area contributed by atoms with E-state index in [2.05, 4.69) is 147 Å². The number of carbonyl (C=O) groups excluding carboxylic acids is 8. The number of aryl methyl sites for hydroxylation is 3. The molecule has 1 fully saturated rings. The number of ketones is 2. The minimum Gasteiger partial charge on any atom is -0.466 e. The van der Waals surface area contributed by atoms with E-state index in [9.17, 15) is 51.9 Å². The molecule has 11 aromatic rings. The van der Waals surface area contributed by atoms with Crippen molar-refractivity contribution in [1.29, 1.82) is 5.26 Å². The fraction of sp³-hybridized carbons (Fsp3) is 0.250. The van der Waals surface area contributed by atoms with Crippen molar-refractivity contribution in [2.75, 3.05) is 38.8 Å². The fourth-order valence-corrected chi connectivity index (χ4v) is 16.5. The molecular formula is C84H79Br6N13O16S5. The number of Topliss-reactive ketones (excluding diaryl/α,β-unsaturated/α-hetero) is 2. The number of sulfonamides is 1. The molecule has 1 aliphatic carbocycles. The van der Waals surface area contributed by atoms with E-state index in [-0.39, 0.29) is 78.1 Å². The molecule has 40 heteroatoms. The van der Waals surface area contributed by atoms with Crippen LogP contribution in [0.3, 0.4) is 0 Å². The second-order valence-corrected chi connectivity index (χ2v) is 35.5. The van der Waals surface area contributed by atoms with Crippen LogP contribution in [0.1, 0.15) is 142 Å². The van der Waals surface area contributed by atoms with E-state index < -0.39 is 45.2 Å². The monoisotopic (exact) mass is 2160 g/mol. The van der Waals surface area contributed by atoms with Crippen LogP contribution in [0.5, 0.6) is 0 Å². The molecule has 2 amide bonds. The summed E-state index contributed by atoms with van der Waals surface area (Å²) in [5, 5.41) is 24.4. The zero-order valence-electron chi connectivity index (χ0n) is 67.7. The molecule has 29 nitrogen and oxygen atoms in total. The highest BCUT2D eigenvalue weighted by Crippen LogP contribution is 2.36. The van der Waals surface area contributed by atoms with Crippen LogP contribution in [0.4, 0.5) is 10.5 Å². The van der Waals surface area contributed by atoms with E-state index in [0.717, 1.165) is 105 Å². The molecule has 0 unspecified atom stereocenters. The summed E-state index contributed by atoms with van der Waals surface area (Å²) in [5.74, 6) is -3.61. The van der Waals surface area contributed by atoms with Crippen molar-refractivity contribution in [3.63, 3.8) is 0 Å². The van der Waals surface area contributed by atoms with Crippen LogP contribution < -0.4 is 5.32 Å². The smallest absolute Gasteiger partial charge is 0.446 e. The molecule has 1 saturated carbocycles. The number of carbonyl (C=O) groups is 8. The molecule has 0 saturated heterocycles. The van der Waals surface area contributed by atoms with Gasteiger partial charge in [-0.25, -0.2) is 27.6 Å². The van der Waals surface area contributed by atoms with Crippen LogP contribution in [0.2, 0.25) is 0 Å². The van der Waals surface area contributed by atoms with Gasteiger partial charge in [-0.2, -0.15) is 23.2 Å². The third-order valence-electron chi connectivity index (χ3n) is 16.9. The minimum atomic E-state index is -3.96. The highest BCUT2D eigenvalue weighted by atomic mass is 79.9. The number of rotatable bonds is 23. The Balaban J connectivity index is 0.000000225. The lowest BCUT2D eigenvalue weighted by Crippen LogP contribution is -2.35. The van der Waals surface area contributed by atoms with Gasteiger partial charge in [-0.1, -0.05) is 161 Å². The van der Waals surface area contributed by atoms with Crippen molar-refractivity contribution < 1.29 is 80.4 Å². The van der Waals surface area contributed by atoms with Gasteiger partial charge < -0.3 is 44.5 Å². The molecule has 4 heterocycles. The molecule has 0 atom stereocenters. The van der Waals surface area contributed by atoms with Gasteiger partial charge >= 0.3 is 35.7 Å². The largest absolute Gasteiger partial charge is 0.466 e. The number of halogens is 6. The normalized spacial score (nSPS) is 11.0. The quantitative estimate of drug-likeness (QED) is 0.00877. The van der Waals surface area contributed by atoms with Crippen LogP contribution in [0, 0.1) is 32.1 Å². The number of esters is 4. The second-order valence-electron chi connectivity index (χ2n) is 25.4. The Bertz CT molecular complexity index is 5760. The van der Waals surface area contributed by atoms with Crippen LogP contribution in [0.25, 0.3) is 57.7 Å². The maximum Gasteiger partial charge on any atom is 0.446 e. The number of aliphatic hydroxyl groups excluding tert-OH is 1. The van der Waals surface area contributed by atoms with Gasteiger partial charge in [0.1, 0.15) is 18.6 Å². The second kappa shape index (κ2) is 52.6. The highest BCUT2D eigenvalue weighted by molar-refractivity contribution is 9.11. The summed E-state index contributed by atoms with van der Waals surface area (Å²) < 4.78 is 72.4. The molecule has 0 spiro atoms. The maximum atomic E-state index is 12.3. The molecule has 648 valence electrons. The fourth-order valence-electron chi connectivity index (χ4n) is 10.8. The Kier molecular flexibility index (Phi) is 43.6. The Morgan fingerprint density at radius 1 is 0.581 bits per heavy atom. The molecule has 4 aromatic heterocycles. The topological polar surface area (TPSA) is 426 Å². The standard InChI is InChI=1S/C18H21BrN2O2S.C13H12BrNO2S.C12H10BrNO3.C11H9BrN2O3.C11H9BrN2O2S.C11H10BrNOS.C8H8N4O3S/c1-12-16(11-23-18(22)21(2)15-5-3-4-6-15)17(24-20-12)13-7-9-14(19)10-8-13;1-3-17-13(16)11-8(2)15-18-12(11)9-4-6-10(14)7-5-9;1-2-17-12(16)6-11(15)10-4-3-9(13)5-8(10)7-14;1-2-17-11(16)9(14-13)10(15)7-3-5-8(12)6-4-7;1-2-16-11(15)9-10(17-14-13-9)7-3-5-8(12)6-4-7;1-7-10(6-14)11(15-13-7)8-2-4-9(12)5-3-8;1-6(13)10-7-2-4-8(5-3-7)16(14,15)12-11-9/h7-10,15H,3-6,11H2,1-2H3;4-7H,3H2,1-2H3;3-5H,2,6H2,1H3;2*3-6H,2H2,1H3;2-5,14H,6H2,1H3;2-5H,1H3,(H,10,13). The van der Waals surface area contributed by atoms with E-state index in [4.69, 9.17) is 30.5 Å². The van der Waals surface area contributed by atoms with Crippen molar-refractivity contribution in [3.05, 3.63) is 263 Å². The third kappa shape index (κ3) is 31.9. The summed E-state index contributed by atoms with van der Waals surface area (Å²) in [6.45, 7) is 15.2. The molecule has 124 heavy (non-hydrogen) atoms. The number of hydrogen-bond donors (Lipinski definition) is 2. The first-order valence-corrected chi connectivity index (χ1v) is 46.4.